The van der Waals surface area contributed by atoms with Crippen LogP contribution in [0, 0.1) is 0 Å². The molecule has 0 bridgehead atoms. The van der Waals surface area contributed by atoms with Crippen LogP contribution in [0.15, 0.2) is 46.3 Å². The van der Waals surface area contributed by atoms with Crippen LogP contribution in [-0.2, 0) is 14.3 Å². The molecule has 1 aliphatic rings. The fourth-order valence-electron chi connectivity index (χ4n) is 3.26. The third-order valence-electron chi connectivity index (χ3n) is 4.87. The molecule has 11 heteroatoms. The maximum absolute atomic E-state index is 13.0. The van der Waals surface area contributed by atoms with Crippen LogP contribution < -0.4 is 26.8 Å². The van der Waals surface area contributed by atoms with Crippen molar-refractivity contribution in [3.63, 3.8) is 0 Å². The first kappa shape index (κ1) is 24.5. The number of nitrogens with two attached hydrogens (primary N) is 3. The van der Waals surface area contributed by atoms with E-state index in [0.29, 0.717) is 55.3 Å². The zero-order valence-corrected chi connectivity index (χ0v) is 19.0. The number of amides is 2. The summed E-state index contributed by atoms with van der Waals surface area (Å²) in [4.78, 5) is 30.9. The molecule has 2 aromatic carbocycles. The quantitative estimate of drug-likeness (QED) is 0.174. The van der Waals surface area contributed by atoms with Gasteiger partial charge in [-0.05, 0) is 42.3 Å². The normalized spacial score (nSPS) is 13.9. The molecule has 1 saturated heterocycles. The van der Waals surface area contributed by atoms with Crippen LogP contribution in [-0.4, -0.2) is 64.1 Å². The number of hydrogen-bond donors (Lipinski definition) is 4. The van der Waals surface area contributed by atoms with Crippen molar-refractivity contribution < 1.29 is 19.1 Å². The summed E-state index contributed by atoms with van der Waals surface area (Å²) in [6.45, 7) is 3.01. The molecule has 1 fully saturated rings. The Morgan fingerprint density at radius 1 is 1.24 bits per heavy atom. The number of morpholine rings is 1. The number of benzene rings is 2. The summed E-state index contributed by atoms with van der Waals surface area (Å²) in [5.74, 6) is -0.786. The highest BCUT2D eigenvalue weighted by Crippen LogP contribution is 2.32. The van der Waals surface area contributed by atoms with Gasteiger partial charge in [-0.25, -0.2) is 0 Å². The zero-order valence-electron chi connectivity index (χ0n) is 18.2. The second-order valence-corrected chi connectivity index (χ2v) is 7.96. The standard InChI is InChI=1S/C22H28N6O4S/c23-18-12-20(28-5-8-31-9-6-28)19(11-16(18)13-26-4-7-32-14-21(24)29)27-22(30)15-2-1-3-17(10-15)33-25/h1-3,10-13H,4-9,14,23,25H2,(H2,24,29)(H,27,30). The number of primary amides is 1. The van der Waals surface area contributed by atoms with Crippen molar-refractivity contribution in [3.05, 3.63) is 47.5 Å². The molecule has 2 aromatic rings. The highest BCUT2D eigenvalue weighted by Gasteiger charge is 2.19. The highest BCUT2D eigenvalue weighted by atomic mass is 32.2. The molecule has 0 radical (unpaired) electrons. The number of aliphatic imine (C=N–C) groups is 1. The lowest BCUT2D eigenvalue weighted by atomic mass is 10.1. The summed E-state index contributed by atoms with van der Waals surface area (Å²) < 4.78 is 10.6. The average molecular weight is 473 g/mol. The first-order chi connectivity index (χ1) is 16.0. The summed E-state index contributed by atoms with van der Waals surface area (Å²) in [6, 6.07) is 10.7. The van der Waals surface area contributed by atoms with E-state index in [4.69, 9.17) is 26.1 Å². The van der Waals surface area contributed by atoms with Gasteiger partial charge in [0, 0.05) is 41.0 Å². The molecule has 10 nitrogen and oxygen atoms in total. The number of anilines is 3. The van der Waals surface area contributed by atoms with Crippen molar-refractivity contribution in [3.8, 4) is 0 Å². The Hall–Kier alpha value is -3.12. The predicted octanol–water partition coefficient (Wildman–Crippen LogP) is 1.24. The number of hydrogen-bond acceptors (Lipinski definition) is 9. The second kappa shape index (κ2) is 12.2. The Morgan fingerprint density at radius 2 is 2.03 bits per heavy atom. The van der Waals surface area contributed by atoms with Gasteiger partial charge in [0.15, 0.2) is 0 Å². The van der Waals surface area contributed by atoms with Crippen LogP contribution in [0.5, 0.6) is 0 Å². The molecular weight excluding hydrogens is 444 g/mol. The average Bonchev–Trinajstić information content (AvgIpc) is 2.83. The largest absolute Gasteiger partial charge is 0.398 e. The third-order valence-corrected chi connectivity index (χ3v) is 5.40. The van der Waals surface area contributed by atoms with Crippen molar-refractivity contribution in [1.29, 1.82) is 0 Å². The highest BCUT2D eigenvalue weighted by molar-refractivity contribution is 7.97. The van der Waals surface area contributed by atoms with Gasteiger partial charge in [-0.2, -0.15) is 0 Å². The molecule has 0 aliphatic carbocycles. The Labute approximate surface area is 196 Å². The van der Waals surface area contributed by atoms with Gasteiger partial charge < -0.3 is 31.2 Å². The third kappa shape index (κ3) is 7.19. The van der Waals surface area contributed by atoms with Crippen molar-refractivity contribution in [1.82, 2.24) is 0 Å². The summed E-state index contributed by atoms with van der Waals surface area (Å²) in [6.07, 6.45) is 1.62. The van der Waals surface area contributed by atoms with Gasteiger partial charge in [0.05, 0.1) is 37.7 Å². The number of carbonyl (C=O) groups excluding carboxylic acids is 2. The molecule has 176 valence electrons. The molecule has 1 heterocycles. The molecule has 0 atom stereocenters. The number of rotatable bonds is 10. The lowest BCUT2D eigenvalue weighted by Crippen LogP contribution is -2.37. The Balaban J connectivity index is 1.82. The molecule has 0 aromatic heterocycles. The Bertz CT molecular complexity index is 1010. The van der Waals surface area contributed by atoms with Gasteiger partial charge in [0.25, 0.3) is 5.91 Å². The van der Waals surface area contributed by atoms with E-state index < -0.39 is 5.91 Å². The van der Waals surface area contributed by atoms with E-state index in [1.165, 1.54) is 0 Å². The summed E-state index contributed by atoms with van der Waals surface area (Å²) in [5, 5.41) is 8.63. The number of carbonyl (C=O) groups is 2. The number of ether oxygens (including phenoxy) is 2. The SMILES string of the molecule is NSc1cccc(C(=O)Nc2cc(C=NCCOCC(N)=O)c(N)cc2N2CCOCC2)c1. The van der Waals surface area contributed by atoms with Gasteiger partial charge >= 0.3 is 0 Å². The Kier molecular flexibility index (Phi) is 9.07. The molecule has 0 saturated carbocycles. The molecule has 1 aliphatic heterocycles. The maximum Gasteiger partial charge on any atom is 0.255 e. The second-order valence-electron chi connectivity index (χ2n) is 7.25. The first-order valence-corrected chi connectivity index (χ1v) is 11.3. The van der Waals surface area contributed by atoms with E-state index in [1.54, 1.807) is 30.5 Å². The molecule has 2 amide bonds. The van der Waals surface area contributed by atoms with Gasteiger partial charge in [-0.3, -0.25) is 19.7 Å². The van der Waals surface area contributed by atoms with E-state index in [0.717, 1.165) is 22.5 Å². The number of nitrogens with zero attached hydrogens (tertiary/aromatic N) is 2. The topological polar surface area (TPSA) is 158 Å². The minimum Gasteiger partial charge on any atom is -0.398 e. The minimum atomic E-state index is -0.530. The number of nitrogens with one attached hydrogen (secondary N) is 1. The predicted molar refractivity (Wildman–Crippen MR) is 131 cm³/mol. The Morgan fingerprint density at radius 3 is 2.76 bits per heavy atom. The molecule has 0 unspecified atom stereocenters. The molecule has 7 N–H and O–H groups in total. The van der Waals surface area contributed by atoms with Gasteiger partial charge in [-0.15, -0.1) is 0 Å². The van der Waals surface area contributed by atoms with Crippen LogP contribution in [0.3, 0.4) is 0 Å². The van der Waals surface area contributed by atoms with Crippen LogP contribution in [0.2, 0.25) is 0 Å². The van der Waals surface area contributed by atoms with Gasteiger partial charge in [0.1, 0.15) is 6.61 Å². The van der Waals surface area contributed by atoms with Crippen LogP contribution in [0.25, 0.3) is 0 Å². The van der Waals surface area contributed by atoms with Gasteiger partial charge in [0.2, 0.25) is 5.91 Å². The lowest BCUT2D eigenvalue weighted by Gasteiger charge is -2.31. The van der Waals surface area contributed by atoms with E-state index in [-0.39, 0.29) is 19.1 Å². The number of nitrogen functional groups attached to an aromatic ring is 1. The molecule has 0 spiro atoms. The van der Waals surface area contributed by atoms with Crippen molar-refractivity contribution in [2.45, 2.75) is 4.90 Å². The smallest absolute Gasteiger partial charge is 0.255 e. The van der Waals surface area contributed by atoms with Crippen molar-refractivity contribution >= 4 is 47.0 Å². The van der Waals surface area contributed by atoms with Crippen LogP contribution in [0.1, 0.15) is 15.9 Å². The monoisotopic (exact) mass is 472 g/mol. The molecular formula is C22H28N6O4S. The van der Waals surface area contributed by atoms with Gasteiger partial charge in [-0.1, -0.05) is 6.07 Å². The van der Waals surface area contributed by atoms with E-state index >= 15 is 0 Å². The van der Waals surface area contributed by atoms with E-state index in [1.807, 2.05) is 12.1 Å². The fraction of sp³-hybridized carbons (Fsp3) is 0.318. The summed E-state index contributed by atoms with van der Waals surface area (Å²) >= 11 is 1.08. The lowest BCUT2D eigenvalue weighted by molar-refractivity contribution is -0.122. The first-order valence-electron chi connectivity index (χ1n) is 10.4. The maximum atomic E-state index is 13.0. The zero-order chi connectivity index (χ0) is 23.6. The summed E-state index contributed by atoms with van der Waals surface area (Å²) in [5.41, 5.74) is 14.4. The van der Waals surface area contributed by atoms with Crippen molar-refractivity contribution in [2.24, 2.45) is 15.9 Å². The van der Waals surface area contributed by atoms with E-state index in [2.05, 4.69) is 15.2 Å². The van der Waals surface area contributed by atoms with Crippen molar-refractivity contribution in [2.75, 3.05) is 62.0 Å². The molecule has 33 heavy (non-hydrogen) atoms. The summed E-state index contributed by atoms with van der Waals surface area (Å²) in [7, 11) is 0. The minimum absolute atomic E-state index is 0.147. The van der Waals surface area contributed by atoms with Crippen LogP contribution in [0.4, 0.5) is 17.1 Å². The van der Waals surface area contributed by atoms with E-state index in [9.17, 15) is 9.59 Å². The molecule has 3 rings (SSSR count). The fourth-order valence-corrected chi connectivity index (χ4v) is 3.61. The van der Waals surface area contributed by atoms with Crippen LogP contribution >= 0.6 is 11.9 Å².